The lowest BCUT2D eigenvalue weighted by Gasteiger charge is -2.04. The van der Waals surface area contributed by atoms with E-state index in [1.54, 1.807) is 18.0 Å². The average molecular weight is 354 g/mol. The van der Waals surface area contributed by atoms with E-state index in [4.69, 9.17) is 9.84 Å². The van der Waals surface area contributed by atoms with Crippen LogP contribution < -0.4 is 4.74 Å². The summed E-state index contributed by atoms with van der Waals surface area (Å²) < 4.78 is 6.98. The van der Waals surface area contributed by atoms with E-state index in [0.717, 1.165) is 17.0 Å². The lowest BCUT2D eigenvalue weighted by Crippen LogP contribution is -2.01. The molecule has 0 bridgehead atoms. The Hall–Kier alpha value is -3.66. The number of benzene rings is 3. The molecular formula is C23H18N2O2. The van der Waals surface area contributed by atoms with Crippen molar-refractivity contribution in [3.8, 4) is 22.7 Å². The van der Waals surface area contributed by atoms with Crippen molar-refractivity contribution in [2.75, 3.05) is 7.11 Å². The minimum absolute atomic E-state index is 0.0522. The summed E-state index contributed by atoms with van der Waals surface area (Å²) in [6, 6.07) is 26.6. The van der Waals surface area contributed by atoms with E-state index < -0.39 is 0 Å². The number of carbonyl (C=O) groups is 1. The third-order valence-corrected chi connectivity index (χ3v) is 4.38. The van der Waals surface area contributed by atoms with Crippen molar-refractivity contribution in [1.29, 1.82) is 0 Å². The van der Waals surface area contributed by atoms with Crippen molar-refractivity contribution in [2.45, 2.75) is 0 Å². The summed E-state index contributed by atoms with van der Waals surface area (Å²) in [4.78, 5) is 13.1. The molecule has 132 valence electrons. The molecule has 1 aromatic heterocycles. The van der Waals surface area contributed by atoms with Gasteiger partial charge in [0, 0.05) is 17.3 Å². The lowest BCUT2D eigenvalue weighted by atomic mass is 10.0. The molecule has 0 aliphatic heterocycles. The molecule has 4 heteroatoms. The van der Waals surface area contributed by atoms with Crippen LogP contribution in [-0.4, -0.2) is 22.7 Å². The van der Waals surface area contributed by atoms with Crippen molar-refractivity contribution in [1.82, 2.24) is 9.78 Å². The number of carbonyl (C=O) groups excluding carboxylic acids is 1. The molecule has 0 N–H and O–H groups in total. The van der Waals surface area contributed by atoms with E-state index in [1.807, 2.05) is 84.9 Å². The van der Waals surface area contributed by atoms with Crippen LogP contribution in [0.5, 0.6) is 5.75 Å². The molecule has 0 fully saturated rings. The highest BCUT2D eigenvalue weighted by molar-refractivity contribution is 6.12. The maximum Gasteiger partial charge on any atom is 0.196 e. The first-order chi connectivity index (χ1) is 13.3. The first-order valence-electron chi connectivity index (χ1n) is 8.65. The van der Waals surface area contributed by atoms with Crippen LogP contribution in [0.3, 0.4) is 0 Å². The van der Waals surface area contributed by atoms with Crippen LogP contribution in [0.4, 0.5) is 0 Å². The summed E-state index contributed by atoms with van der Waals surface area (Å²) in [5.41, 5.74) is 3.62. The molecule has 4 aromatic rings. The molecule has 0 aliphatic rings. The van der Waals surface area contributed by atoms with Gasteiger partial charge in [0.2, 0.25) is 0 Å². The fourth-order valence-electron chi connectivity index (χ4n) is 2.96. The number of nitrogens with zero attached hydrogens (tertiary/aromatic N) is 2. The molecule has 1 heterocycles. The van der Waals surface area contributed by atoms with E-state index in [0.29, 0.717) is 16.8 Å². The number of aromatic nitrogens is 2. The fraction of sp³-hybridized carbons (Fsp3) is 0.0435. The zero-order valence-corrected chi connectivity index (χ0v) is 14.9. The Balaban J connectivity index is 1.84. The van der Waals surface area contributed by atoms with Crippen molar-refractivity contribution < 1.29 is 9.53 Å². The maximum absolute atomic E-state index is 13.1. The van der Waals surface area contributed by atoms with Crippen LogP contribution in [0.1, 0.15) is 15.9 Å². The van der Waals surface area contributed by atoms with Crippen LogP contribution in [0.2, 0.25) is 0 Å². The Morgan fingerprint density at radius 2 is 1.48 bits per heavy atom. The Labute approximate surface area is 157 Å². The lowest BCUT2D eigenvalue weighted by molar-refractivity contribution is 0.103. The number of hydrogen-bond donors (Lipinski definition) is 0. The minimum Gasteiger partial charge on any atom is -0.497 e. The smallest absolute Gasteiger partial charge is 0.196 e. The third kappa shape index (κ3) is 3.37. The SMILES string of the molecule is COc1ccc(-c2nn(-c3ccccc3)cc2C(=O)c2ccccc2)cc1. The molecule has 0 unspecified atom stereocenters. The Kier molecular flexibility index (Phi) is 4.54. The molecular weight excluding hydrogens is 336 g/mol. The van der Waals surface area contributed by atoms with Crippen LogP contribution in [-0.2, 0) is 0 Å². The van der Waals surface area contributed by atoms with E-state index in [2.05, 4.69) is 0 Å². The standard InChI is InChI=1S/C23H18N2O2/c1-27-20-14-12-17(13-15-20)22-21(23(26)18-8-4-2-5-9-18)16-25(24-22)19-10-6-3-7-11-19/h2-16H,1H3. The molecule has 27 heavy (non-hydrogen) atoms. The maximum atomic E-state index is 13.1. The van der Waals surface area contributed by atoms with Gasteiger partial charge in [-0.3, -0.25) is 4.79 Å². The van der Waals surface area contributed by atoms with Crippen LogP contribution in [0.15, 0.2) is 91.1 Å². The topological polar surface area (TPSA) is 44.1 Å². The number of hydrogen-bond acceptors (Lipinski definition) is 3. The third-order valence-electron chi connectivity index (χ3n) is 4.38. The Morgan fingerprint density at radius 1 is 0.852 bits per heavy atom. The largest absolute Gasteiger partial charge is 0.497 e. The summed E-state index contributed by atoms with van der Waals surface area (Å²) in [6.45, 7) is 0. The zero-order valence-electron chi connectivity index (χ0n) is 14.9. The Morgan fingerprint density at radius 3 is 2.11 bits per heavy atom. The summed E-state index contributed by atoms with van der Waals surface area (Å²) in [6.07, 6.45) is 1.80. The predicted molar refractivity (Wildman–Crippen MR) is 105 cm³/mol. The molecule has 4 rings (SSSR count). The molecule has 0 spiro atoms. The minimum atomic E-state index is -0.0522. The predicted octanol–water partition coefficient (Wildman–Crippen LogP) is 4.78. The van der Waals surface area contributed by atoms with Crippen molar-refractivity contribution in [2.24, 2.45) is 0 Å². The van der Waals surface area contributed by atoms with Crippen molar-refractivity contribution in [3.63, 3.8) is 0 Å². The normalized spacial score (nSPS) is 10.6. The second-order valence-electron chi connectivity index (χ2n) is 6.10. The highest BCUT2D eigenvalue weighted by atomic mass is 16.5. The van der Waals surface area contributed by atoms with Gasteiger partial charge >= 0.3 is 0 Å². The fourth-order valence-corrected chi connectivity index (χ4v) is 2.96. The summed E-state index contributed by atoms with van der Waals surface area (Å²) in [7, 11) is 1.63. The van der Waals surface area contributed by atoms with E-state index in [9.17, 15) is 4.79 Å². The molecule has 0 saturated heterocycles. The van der Waals surface area contributed by atoms with Crippen molar-refractivity contribution in [3.05, 3.63) is 102 Å². The molecule has 0 radical (unpaired) electrons. The van der Waals surface area contributed by atoms with E-state index in [-0.39, 0.29) is 5.78 Å². The first kappa shape index (κ1) is 16.8. The number of ether oxygens (including phenoxy) is 1. The van der Waals surface area contributed by atoms with Gasteiger partial charge in [-0.05, 0) is 36.4 Å². The van der Waals surface area contributed by atoms with E-state index >= 15 is 0 Å². The molecule has 0 aliphatic carbocycles. The summed E-state index contributed by atoms with van der Waals surface area (Å²) >= 11 is 0. The molecule has 0 saturated carbocycles. The van der Waals surface area contributed by atoms with Gasteiger partial charge in [0.1, 0.15) is 11.4 Å². The number of ketones is 1. The highest BCUT2D eigenvalue weighted by Gasteiger charge is 2.20. The van der Waals surface area contributed by atoms with Crippen molar-refractivity contribution >= 4 is 5.78 Å². The summed E-state index contributed by atoms with van der Waals surface area (Å²) in [5, 5.41) is 4.71. The van der Waals surface area contributed by atoms with Crippen LogP contribution >= 0.6 is 0 Å². The second kappa shape index (κ2) is 7.30. The van der Waals surface area contributed by atoms with E-state index in [1.165, 1.54) is 0 Å². The van der Waals surface area contributed by atoms with Gasteiger partial charge in [-0.2, -0.15) is 5.10 Å². The summed E-state index contributed by atoms with van der Waals surface area (Å²) in [5.74, 6) is 0.709. The van der Waals surface area contributed by atoms with Gasteiger partial charge in [-0.25, -0.2) is 4.68 Å². The van der Waals surface area contributed by atoms with Gasteiger partial charge in [0.15, 0.2) is 5.78 Å². The monoisotopic (exact) mass is 354 g/mol. The first-order valence-corrected chi connectivity index (χ1v) is 8.65. The zero-order chi connectivity index (χ0) is 18.6. The average Bonchev–Trinajstić information content (AvgIpc) is 3.20. The van der Waals surface area contributed by atoms with Gasteiger partial charge in [0.25, 0.3) is 0 Å². The molecule has 4 nitrogen and oxygen atoms in total. The second-order valence-corrected chi connectivity index (χ2v) is 6.10. The molecule has 0 atom stereocenters. The number of rotatable bonds is 5. The molecule has 3 aromatic carbocycles. The van der Waals surface area contributed by atoms with Gasteiger partial charge in [0.05, 0.1) is 18.4 Å². The molecule has 0 amide bonds. The van der Waals surface area contributed by atoms with Gasteiger partial charge < -0.3 is 4.74 Å². The van der Waals surface area contributed by atoms with Crippen LogP contribution in [0, 0.1) is 0 Å². The highest BCUT2D eigenvalue weighted by Crippen LogP contribution is 2.27. The quantitative estimate of drug-likeness (QED) is 0.485. The Bertz CT molecular complexity index is 1050. The van der Waals surface area contributed by atoms with Gasteiger partial charge in [-0.15, -0.1) is 0 Å². The number of methoxy groups -OCH3 is 1. The van der Waals surface area contributed by atoms with Gasteiger partial charge in [-0.1, -0.05) is 48.5 Å². The number of para-hydroxylation sites is 1. The van der Waals surface area contributed by atoms with Crippen LogP contribution in [0.25, 0.3) is 16.9 Å².